The number of rotatable bonds is 9. The fraction of sp³-hybridized carbons (Fsp3) is 0.462. The summed E-state index contributed by atoms with van der Waals surface area (Å²) in [6.07, 6.45) is 4.12. The zero-order valence-corrected chi connectivity index (χ0v) is 20.2. The van der Waals surface area contributed by atoms with E-state index in [9.17, 15) is 4.79 Å². The zero-order chi connectivity index (χ0) is 23.5. The number of allylic oxidation sites excluding steroid dienone is 2. The van der Waals surface area contributed by atoms with E-state index in [1.54, 1.807) is 0 Å². The molecular formula is C26H36N4O2. The molecular weight excluding hydrogens is 400 g/mol. The van der Waals surface area contributed by atoms with Gasteiger partial charge in [0.15, 0.2) is 0 Å². The van der Waals surface area contributed by atoms with Crippen LogP contribution in [0.25, 0.3) is 16.5 Å². The maximum absolute atomic E-state index is 12.9. The van der Waals surface area contributed by atoms with Crippen molar-refractivity contribution in [3.63, 3.8) is 0 Å². The Bertz CT molecular complexity index is 1020. The van der Waals surface area contributed by atoms with Gasteiger partial charge in [0.2, 0.25) is 5.91 Å². The van der Waals surface area contributed by atoms with Crippen molar-refractivity contribution in [3.05, 3.63) is 54.4 Å². The lowest BCUT2D eigenvalue weighted by Crippen LogP contribution is -2.60. The van der Waals surface area contributed by atoms with Crippen LogP contribution in [0.5, 0.6) is 0 Å². The van der Waals surface area contributed by atoms with Crippen molar-refractivity contribution in [2.45, 2.75) is 40.7 Å². The topological polar surface area (TPSA) is 57.7 Å². The standard InChI is InChI=1S/C26H36N4O2/c1-8-23(29(7)18(2)3)20-9-10-21-15-27-24(14-22(21)13-20)28-25(31)26(6)16-30(17-26)11-12-32-19(4)5/h8-10,13-15,19H,2,11-12,16-17H2,1,3-7H3,(H,27,28,31)/b23-8-. The summed E-state index contributed by atoms with van der Waals surface area (Å²) in [7, 11) is 2.01. The van der Waals surface area contributed by atoms with Crippen LogP contribution in [-0.4, -0.2) is 60.1 Å². The number of amides is 1. The SMILES string of the molecule is C=C(C)N(C)/C(=C\C)c1ccc2cnc(NC(=O)C3(C)CN(CCOC(C)C)C3)cc2c1. The minimum Gasteiger partial charge on any atom is -0.377 e. The van der Waals surface area contributed by atoms with Gasteiger partial charge in [-0.25, -0.2) is 4.98 Å². The molecule has 0 aliphatic carbocycles. The molecule has 3 rings (SSSR count). The number of benzene rings is 1. The minimum atomic E-state index is -0.404. The van der Waals surface area contributed by atoms with Crippen LogP contribution in [0.15, 0.2) is 48.8 Å². The van der Waals surface area contributed by atoms with Gasteiger partial charge in [-0.1, -0.05) is 24.8 Å². The van der Waals surface area contributed by atoms with Crippen LogP contribution in [-0.2, 0) is 9.53 Å². The molecule has 0 radical (unpaired) electrons. The number of anilines is 1. The molecule has 0 unspecified atom stereocenters. The van der Waals surface area contributed by atoms with Gasteiger partial charge in [0.1, 0.15) is 5.82 Å². The van der Waals surface area contributed by atoms with Gasteiger partial charge in [-0.3, -0.25) is 9.69 Å². The van der Waals surface area contributed by atoms with E-state index in [0.717, 1.165) is 47.4 Å². The van der Waals surface area contributed by atoms with Crippen molar-refractivity contribution >= 4 is 28.2 Å². The normalized spacial score (nSPS) is 16.2. The number of hydrogen-bond donors (Lipinski definition) is 1. The molecule has 1 aliphatic heterocycles. The molecule has 0 spiro atoms. The summed E-state index contributed by atoms with van der Waals surface area (Å²) in [5, 5.41) is 5.10. The van der Waals surface area contributed by atoms with Gasteiger partial charge in [-0.2, -0.15) is 0 Å². The van der Waals surface area contributed by atoms with Gasteiger partial charge in [0.05, 0.1) is 18.1 Å². The van der Waals surface area contributed by atoms with Crippen molar-refractivity contribution in [3.8, 4) is 0 Å². The number of nitrogens with zero attached hydrogens (tertiary/aromatic N) is 3. The highest BCUT2D eigenvalue weighted by Gasteiger charge is 2.44. The lowest BCUT2D eigenvalue weighted by Gasteiger charge is -2.46. The van der Waals surface area contributed by atoms with E-state index in [1.165, 1.54) is 0 Å². The lowest BCUT2D eigenvalue weighted by molar-refractivity contribution is -0.135. The molecule has 1 aromatic carbocycles. The maximum Gasteiger partial charge on any atom is 0.234 e. The Hall–Kier alpha value is -2.70. The van der Waals surface area contributed by atoms with Crippen molar-refractivity contribution in [1.82, 2.24) is 14.8 Å². The van der Waals surface area contributed by atoms with E-state index in [2.05, 4.69) is 51.0 Å². The molecule has 1 fully saturated rings. The fourth-order valence-corrected chi connectivity index (χ4v) is 4.06. The average Bonchev–Trinajstić information content (AvgIpc) is 2.72. The monoisotopic (exact) mass is 436 g/mol. The van der Waals surface area contributed by atoms with Crippen molar-refractivity contribution in [1.29, 1.82) is 0 Å². The number of ether oxygens (including phenoxy) is 1. The Labute approximate surface area is 191 Å². The van der Waals surface area contributed by atoms with E-state index in [1.807, 2.05) is 53.9 Å². The summed E-state index contributed by atoms with van der Waals surface area (Å²) in [5.41, 5.74) is 2.75. The molecule has 0 atom stereocenters. The molecule has 172 valence electrons. The van der Waals surface area contributed by atoms with Crippen LogP contribution in [0.3, 0.4) is 0 Å². The van der Waals surface area contributed by atoms with E-state index in [-0.39, 0.29) is 12.0 Å². The van der Waals surface area contributed by atoms with Crippen molar-refractivity contribution in [2.75, 3.05) is 38.6 Å². The van der Waals surface area contributed by atoms with E-state index in [0.29, 0.717) is 12.4 Å². The third kappa shape index (κ3) is 5.37. The molecule has 32 heavy (non-hydrogen) atoms. The van der Waals surface area contributed by atoms with Crippen molar-refractivity contribution < 1.29 is 9.53 Å². The lowest BCUT2D eigenvalue weighted by atomic mass is 9.81. The molecule has 0 saturated carbocycles. The summed E-state index contributed by atoms with van der Waals surface area (Å²) in [6, 6.07) is 8.22. The first-order valence-corrected chi connectivity index (χ1v) is 11.2. The molecule has 6 heteroatoms. The number of carbonyl (C=O) groups excluding carboxylic acids is 1. The van der Waals surface area contributed by atoms with Crippen molar-refractivity contribution in [2.24, 2.45) is 5.41 Å². The summed E-state index contributed by atoms with van der Waals surface area (Å²) in [4.78, 5) is 21.7. The number of fused-ring (bicyclic) bond motifs is 1. The fourth-order valence-electron chi connectivity index (χ4n) is 4.06. The number of hydrogen-bond acceptors (Lipinski definition) is 5. The zero-order valence-electron chi connectivity index (χ0n) is 20.2. The number of carbonyl (C=O) groups is 1. The second-order valence-electron chi connectivity index (χ2n) is 9.24. The Kier molecular flexibility index (Phi) is 7.36. The summed E-state index contributed by atoms with van der Waals surface area (Å²) >= 11 is 0. The molecule has 1 aromatic heterocycles. The third-order valence-electron chi connectivity index (χ3n) is 6.02. The van der Waals surface area contributed by atoms with Crippen LogP contribution in [0, 0.1) is 5.41 Å². The maximum atomic E-state index is 12.9. The largest absolute Gasteiger partial charge is 0.377 e. The predicted molar refractivity (Wildman–Crippen MR) is 132 cm³/mol. The molecule has 0 bridgehead atoms. The van der Waals surface area contributed by atoms with Crippen LogP contribution < -0.4 is 5.32 Å². The first-order chi connectivity index (χ1) is 15.1. The number of pyridine rings is 1. The molecule has 2 aromatic rings. The second kappa shape index (κ2) is 9.84. The van der Waals surface area contributed by atoms with Gasteiger partial charge in [0, 0.05) is 49.7 Å². The average molecular weight is 437 g/mol. The number of likely N-dealkylation sites (tertiary alicyclic amines) is 1. The molecule has 2 heterocycles. The minimum absolute atomic E-state index is 0.0118. The highest BCUT2D eigenvalue weighted by atomic mass is 16.5. The third-order valence-corrected chi connectivity index (χ3v) is 6.02. The molecule has 1 amide bonds. The number of aromatic nitrogens is 1. The predicted octanol–water partition coefficient (Wildman–Crippen LogP) is 4.75. The van der Waals surface area contributed by atoms with Gasteiger partial charge in [-0.15, -0.1) is 0 Å². The highest BCUT2D eigenvalue weighted by Crippen LogP contribution is 2.31. The Balaban J connectivity index is 1.69. The van der Waals surface area contributed by atoms with Gasteiger partial charge in [0.25, 0.3) is 0 Å². The Morgan fingerprint density at radius 2 is 2.06 bits per heavy atom. The smallest absolute Gasteiger partial charge is 0.234 e. The molecule has 1 aliphatic rings. The first-order valence-electron chi connectivity index (χ1n) is 11.2. The number of nitrogens with one attached hydrogen (secondary N) is 1. The van der Waals surface area contributed by atoms with Gasteiger partial charge in [-0.05, 0) is 57.7 Å². The second-order valence-corrected chi connectivity index (χ2v) is 9.24. The molecule has 1 N–H and O–H groups in total. The van der Waals surface area contributed by atoms with E-state index in [4.69, 9.17) is 4.74 Å². The summed E-state index contributed by atoms with van der Waals surface area (Å²) in [6.45, 7) is 17.1. The summed E-state index contributed by atoms with van der Waals surface area (Å²) in [5.74, 6) is 0.593. The van der Waals surface area contributed by atoms with E-state index < -0.39 is 5.41 Å². The van der Waals surface area contributed by atoms with Crippen LogP contribution in [0.2, 0.25) is 0 Å². The quantitative estimate of drug-likeness (QED) is 0.615. The van der Waals surface area contributed by atoms with Gasteiger partial charge < -0.3 is 15.0 Å². The first kappa shape index (κ1) is 24.0. The van der Waals surface area contributed by atoms with Crippen LogP contribution in [0.1, 0.15) is 40.2 Å². The van der Waals surface area contributed by atoms with E-state index >= 15 is 0 Å². The molecule has 6 nitrogen and oxygen atoms in total. The summed E-state index contributed by atoms with van der Waals surface area (Å²) < 4.78 is 5.61. The van der Waals surface area contributed by atoms with Gasteiger partial charge >= 0.3 is 0 Å². The van der Waals surface area contributed by atoms with Crippen LogP contribution >= 0.6 is 0 Å². The molecule has 1 saturated heterocycles. The van der Waals surface area contributed by atoms with Crippen LogP contribution in [0.4, 0.5) is 5.82 Å². The highest BCUT2D eigenvalue weighted by molar-refractivity contribution is 5.97. The Morgan fingerprint density at radius 3 is 2.69 bits per heavy atom. The Morgan fingerprint density at radius 1 is 1.34 bits per heavy atom.